The lowest BCUT2D eigenvalue weighted by Gasteiger charge is -2.23. The highest BCUT2D eigenvalue weighted by atomic mass is 16.4. The third kappa shape index (κ3) is 2.49. The number of amides is 1. The quantitative estimate of drug-likeness (QED) is 0.374. The second-order valence-electron chi connectivity index (χ2n) is 3.16. The number of carboxylic acids is 1. The number of carboxylic acid groups (broad SMARTS) is 1. The van der Waals surface area contributed by atoms with Crippen LogP contribution in [-0.2, 0) is 9.59 Å². The number of terminal acetylenes is 1. The number of nitrogens with two attached hydrogens (primary N) is 1. The van der Waals surface area contributed by atoms with Crippen LogP contribution in [0.1, 0.15) is 32.6 Å². The first kappa shape index (κ1) is 12.5. The molecule has 0 aliphatic carbocycles. The maximum Gasteiger partial charge on any atom is 0.319 e. The fourth-order valence-corrected chi connectivity index (χ4v) is 1.33. The second kappa shape index (κ2) is 5.28. The minimum atomic E-state index is -1.45. The topological polar surface area (TPSA) is 80.4 Å². The van der Waals surface area contributed by atoms with E-state index >= 15 is 0 Å². The number of aliphatic carboxylic acids is 1. The zero-order chi connectivity index (χ0) is 11.2. The van der Waals surface area contributed by atoms with Crippen LogP contribution >= 0.6 is 0 Å². The molecule has 0 radical (unpaired) electrons. The molecule has 0 aliphatic rings. The van der Waals surface area contributed by atoms with E-state index in [0.29, 0.717) is 12.8 Å². The van der Waals surface area contributed by atoms with E-state index < -0.39 is 17.3 Å². The van der Waals surface area contributed by atoms with Gasteiger partial charge in [0.25, 0.3) is 0 Å². The Kier molecular flexibility index (Phi) is 4.71. The van der Waals surface area contributed by atoms with Gasteiger partial charge in [-0.25, -0.2) is 0 Å². The first-order valence-corrected chi connectivity index (χ1v) is 4.48. The van der Waals surface area contributed by atoms with E-state index in [2.05, 4.69) is 5.92 Å². The largest absolute Gasteiger partial charge is 0.480 e. The molecule has 0 heterocycles. The van der Waals surface area contributed by atoms with Crippen LogP contribution in [0.5, 0.6) is 0 Å². The molecule has 0 spiro atoms. The van der Waals surface area contributed by atoms with Crippen LogP contribution in [0.3, 0.4) is 0 Å². The summed E-state index contributed by atoms with van der Waals surface area (Å²) in [6.45, 7) is 1.63. The molecule has 78 valence electrons. The van der Waals surface area contributed by atoms with E-state index in [-0.39, 0.29) is 12.8 Å². The van der Waals surface area contributed by atoms with Gasteiger partial charge in [-0.1, -0.05) is 6.92 Å². The van der Waals surface area contributed by atoms with E-state index in [4.69, 9.17) is 17.3 Å². The Labute approximate surface area is 83.5 Å². The summed E-state index contributed by atoms with van der Waals surface area (Å²) >= 11 is 0. The van der Waals surface area contributed by atoms with Crippen LogP contribution in [0.25, 0.3) is 0 Å². The summed E-state index contributed by atoms with van der Waals surface area (Å²) in [5, 5.41) is 8.94. The monoisotopic (exact) mass is 197 g/mol. The summed E-state index contributed by atoms with van der Waals surface area (Å²) in [7, 11) is 0. The summed E-state index contributed by atoms with van der Waals surface area (Å²) in [5.41, 5.74) is 3.65. The molecule has 0 bridgehead atoms. The van der Waals surface area contributed by atoms with Gasteiger partial charge in [-0.05, 0) is 19.3 Å². The van der Waals surface area contributed by atoms with Gasteiger partial charge in [-0.3, -0.25) is 9.59 Å². The Bertz CT molecular complexity index is 251. The molecule has 4 heteroatoms. The van der Waals surface area contributed by atoms with Gasteiger partial charge in [0.15, 0.2) is 0 Å². The zero-order valence-electron chi connectivity index (χ0n) is 8.25. The van der Waals surface area contributed by atoms with Gasteiger partial charge in [0.05, 0.1) is 0 Å². The molecule has 14 heavy (non-hydrogen) atoms. The van der Waals surface area contributed by atoms with Crippen LogP contribution in [0.4, 0.5) is 0 Å². The number of rotatable bonds is 6. The molecule has 3 N–H and O–H groups in total. The molecular formula is C10H15NO3. The molecule has 0 aromatic rings. The minimum Gasteiger partial charge on any atom is -0.480 e. The van der Waals surface area contributed by atoms with Gasteiger partial charge in [-0.15, -0.1) is 12.3 Å². The van der Waals surface area contributed by atoms with Crippen molar-refractivity contribution in [2.24, 2.45) is 11.1 Å². The highest BCUT2D eigenvalue weighted by Gasteiger charge is 2.42. The summed E-state index contributed by atoms with van der Waals surface area (Å²) in [6.07, 6.45) is 6.40. The molecule has 0 rings (SSSR count). The van der Waals surface area contributed by atoms with Gasteiger partial charge in [0.2, 0.25) is 5.91 Å². The predicted molar refractivity (Wildman–Crippen MR) is 52.2 cm³/mol. The Morgan fingerprint density at radius 3 is 2.43 bits per heavy atom. The van der Waals surface area contributed by atoms with Crippen molar-refractivity contribution in [1.29, 1.82) is 0 Å². The summed E-state index contributed by atoms with van der Waals surface area (Å²) in [5.74, 6) is 0.447. The van der Waals surface area contributed by atoms with Crippen molar-refractivity contribution in [2.75, 3.05) is 0 Å². The van der Waals surface area contributed by atoms with Crippen LogP contribution in [-0.4, -0.2) is 17.0 Å². The molecule has 0 aliphatic heterocycles. The van der Waals surface area contributed by atoms with E-state index in [1.807, 2.05) is 0 Å². The minimum absolute atomic E-state index is 0.197. The van der Waals surface area contributed by atoms with Crippen molar-refractivity contribution < 1.29 is 14.7 Å². The molecule has 0 aromatic carbocycles. The third-order valence-corrected chi connectivity index (χ3v) is 2.41. The molecule has 0 fully saturated rings. The lowest BCUT2D eigenvalue weighted by molar-refractivity contribution is -0.155. The maximum atomic E-state index is 11.1. The first-order chi connectivity index (χ1) is 6.51. The van der Waals surface area contributed by atoms with Crippen molar-refractivity contribution in [1.82, 2.24) is 0 Å². The van der Waals surface area contributed by atoms with Crippen LogP contribution in [0.2, 0.25) is 0 Å². The van der Waals surface area contributed by atoms with E-state index in [9.17, 15) is 9.59 Å². The molecule has 4 nitrogen and oxygen atoms in total. The number of carbonyl (C=O) groups is 2. The van der Waals surface area contributed by atoms with E-state index in [1.54, 1.807) is 6.92 Å². The molecule has 0 saturated heterocycles. The average molecular weight is 197 g/mol. The van der Waals surface area contributed by atoms with Crippen LogP contribution in [0.15, 0.2) is 0 Å². The van der Waals surface area contributed by atoms with Crippen LogP contribution in [0, 0.1) is 17.8 Å². The Morgan fingerprint density at radius 2 is 2.14 bits per heavy atom. The number of carbonyl (C=O) groups excluding carboxylic acids is 1. The number of hydrogen-bond donors (Lipinski definition) is 2. The summed E-state index contributed by atoms with van der Waals surface area (Å²) < 4.78 is 0. The van der Waals surface area contributed by atoms with Crippen molar-refractivity contribution >= 4 is 11.9 Å². The van der Waals surface area contributed by atoms with Crippen molar-refractivity contribution in [3.63, 3.8) is 0 Å². The van der Waals surface area contributed by atoms with Crippen LogP contribution < -0.4 is 5.73 Å². The van der Waals surface area contributed by atoms with E-state index in [1.165, 1.54) is 0 Å². The lowest BCUT2D eigenvalue weighted by Crippen LogP contribution is -2.43. The predicted octanol–water partition coefficient (Wildman–Crippen LogP) is 0.756. The summed E-state index contributed by atoms with van der Waals surface area (Å²) in [6, 6.07) is 0. The molecular weight excluding hydrogens is 182 g/mol. The Hall–Kier alpha value is -1.50. The standard InChI is InChI=1S/C10H15NO3/c1-3-5-6-7-10(4-2,8(11)12)9(13)14/h1H,4-7H2,2H3,(H2,11,12)(H,13,14). The third-order valence-electron chi connectivity index (χ3n) is 2.41. The average Bonchev–Trinajstić information content (AvgIpc) is 2.11. The molecule has 0 saturated carbocycles. The van der Waals surface area contributed by atoms with Crippen molar-refractivity contribution in [2.45, 2.75) is 32.6 Å². The Morgan fingerprint density at radius 1 is 1.57 bits per heavy atom. The number of unbranched alkanes of at least 4 members (excludes halogenated alkanes) is 1. The van der Waals surface area contributed by atoms with Gasteiger partial charge in [0.1, 0.15) is 5.41 Å². The van der Waals surface area contributed by atoms with Gasteiger partial charge in [0, 0.05) is 6.42 Å². The van der Waals surface area contributed by atoms with Gasteiger partial charge in [-0.2, -0.15) is 0 Å². The summed E-state index contributed by atoms with van der Waals surface area (Å²) in [4.78, 5) is 22.0. The smallest absolute Gasteiger partial charge is 0.319 e. The maximum absolute atomic E-state index is 11.1. The normalized spacial score (nSPS) is 14.0. The zero-order valence-corrected chi connectivity index (χ0v) is 8.25. The second-order valence-corrected chi connectivity index (χ2v) is 3.16. The van der Waals surface area contributed by atoms with Gasteiger partial charge < -0.3 is 10.8 Å². The number of primary amides is 1. The Balaban J connectivity index is 4.62. The molecule has 1 unspecified atom stereocenters. The highest BCUT2D eigenvalue weighted by molar-refractivity contribution is 6.01. The van der Waals surface area contributed by atoms with Crippen molar-refractivity contribution in [3.05, 3.63) is 0 Å². The van der Waals surface area contributed by atoms with Crippen molar-refractivity contribution in [3.8, 4) is 12.3 Å². The molecule has 1 atom stereocenters. The lowest BCUT2D eigenvalue weighted by atomic mass is 9.79. The number of hydrogen-bond acceptors (Lipinski definition) is 2. The first-order valence-electron chi connectivity index (χ1n) is 4.48. The fraction of sp³-hybridized carbons (Fsp3) is 0.600. The fourth-order valence-electron chi connectivity index (χ4n) is 1.33. The SMILES string of the molecule is C#CCCCC(CC)(C(N)=O)C(=O)O. The molecule has 0 aromatic heterocycles. The van der Waals surface area contributed by atoms with Gasteiger partial charge >= 0.3 is 5.97 Å². The highest BCUT2D eigenvalue weighted by Crippen LogP contribution is 2.28. The molecule has 1 amide bonds. The van der Waals surface area contributed by atoms with E-state index in [0.717, 1.165) is 0 Å².